The highest BCUT2D eigenvalue weighted by Gasteiger charge is 2.41. The number of aryl methyl sites for hydroxylation is 1. The predicted molar refractivity (Wildman–Crippen MR) is 91.9 cm³/mol. The van der Waals surface area contributed by atoms with Crippen molar-refractivity contribution in [3.05, 3.63) is 33.8 Å². The summed E-state index contributed by atoms with van der Waals surface area (Å²) in [4.78, 5) is 13.9. The molecule has 0 aromatic heterocycles. The van der Waals surface area contributed by atoms with Crippen LogP contribution in [0.5, 0.6) is 0 Å². The molecule has 1 saturated heterocycles. The van der Waals surface area contributed by atoms with E-state index in [0.29, 0.717) is 6.54 Å². The fourth-order valence-corrected chi connectivity index (χ4v) is 4.61. The minimum atomic E-state index is -0.718. The molecule has 1 fully saturated rings. The highest BCUT2D eigenvalue weighted by atomic mass is 79.9. The summed E-state index contributed by atoms with van der Waals surface area (Å²) >= 11 is 5.24. The van der Waals surface area contributed by atoms with Gasteiger partial charge in [0.05, 0.1) is 0 Å². The molecule has 3 nitrogen and oxygen atoms in total. The molecule has 1 aromatic carbocycles. The van der Waals surface area contributed by atoms with Crippen molar-refractivity contribution in [1.82, 2.24) is 4.90 Å². The topological polar surface area (TPSA) is 40.5 Å². The van der Waals surface area contributed by atoms with Crippen LogP contribution in [0.2, 0.25) is 0 Å². The van der Waals surface area contributed by atoms with Crippen molar-refractivity contribution in [2.75, 3.05) is 12.3 Å². The minimum Gasteiger partial charge on any atom is -0.480 e. The van der Waals surface area contributed by atoms with Crippen molar-refractivity contribution < 1.29 is 9.90 Å². The fraction of sp³-hybridized carbons (Fsp3) is 0.562. The minimum absolute atomic E-state index is 0.272. The Labute approximate surface area is 139 Å². The molecule has 1 aromatic rings. The zero-order chi connectivity index (χ0) is 15.6. The molecule has 0 radical (unpaired) electrons. The van der Waals surface area contributed by atoms with Crippen LogP contribution < -0.4 is 0 Å². The van der Waals surface area contributed by atoms with Crippen LogP contribution in [0.4, 0.5) is 0 Å². The Balaban J connectivity index is 2.28. The molecule has 1 atom stereocenters. The average molecular weight is 372 g/mol. The molecule has 116 valence electrons. The van der Waals surface area contributed by atoms with Gasteiger partial charge in [0.1, 0.15) is 6.04 Å². The highest BCUT2D eigenvalue weighted by Crippen LogP contribution is 2.35. The molecule has 0 bridgehead atoms. The number of hydrogen-bond acceptors (Lipinski definition) is 3. The normalized spacial score (nSPS) is 22.8. The maximum absolute atomic E-state index is 11.8. The number of benzene rings is 1. The third-order valence-electron chi connectivity index (χ3n) is 4.00. The summed E-state index contributed by atoms with van der Waals surface area (Å²) in [7, 11) is 0. The van der Waals surface area contributed by atoms with Gasteiger partial charge < -0.3 is 5.11 Å². The van der Waals surface area contributed by atoms with Gasteiger partial charge in [-0.25, -0.2) is 0 Å². The first-order chi connectivity index (χ1) is 9.81. The molecular formula is C16H22BrNO2S. The number of rotatable bonds is 3. The van der Waals surface area contributed by atoms with Crippen molar-refractivity contribution in [3.63, 3.8) is 0 Å². The average Bonchev–Trinajstić information content (AvgIpc) is 2.50. The Morgan fingerprint density at radius 2 is 2.24 bits per heavy atom. The number of halogens is 1. The standard InChI is InChI=1S/C16H22BrNO2S/c1-11-9-13(17)6-5-12(11)10-18-7-4-8-21-16(2,3)14(18)15(19)20/h5-6,9,14H,4,7-8,10H2,1-3H3,(H,19,20)/t14-/m0/s1. The number of carboxylic acid groups (broad SMARTS) is 1. The third-order valence-corrected chi connectivity index (χ3v) is 5.95. The van der Waals surface area contributed by atoms with Crippen LogP contribution in [0.25, 0.3) is 0 Å². The summed E-state index contributed by atoms with van der Waals surface area (Å²) in [5.41, 5.74) is 2.40. The molecule has 2 rings (SSSR count). The summed E-state index contributed by atoms with van der Waals surface area (Å²) in [6, 6.07) is 5.75. The van der Waals surface area contributed by atoms with Gasteiger partial charge >= 0.3 is 5.97 Å². The van der Waals surface area contributed by atoms with Crippen LogP contribution in [0, 0.1) is 6.92 Å². The molecule has 5 heteroatoms. The second kappa shape index (κ2) is 6.71. The van der Waals surface area contributed by atoms with E-state index in [1.54, 1.807) is 11.8 Å². The van der Waals surface area contributed by atoms with E-state index in [4.69, 9.17) is 0 Å². The lowest BCUT2D eigenvalue weighted by atomic mass is 9.99. The van der Waals surface area contributed by atoms with Gasteiger partial charge in [0.15, 0.2) is 0 Å². The quantitative estimate of drug-likeness (QED) is 0.873. The molecule has 0 unspecified atom stereocenters. The van der Waals surface area contributed by atoms with E-state index in [0.717, 1.165) is 23.2 Å². The number of carbonyl (C=O) groups is 1. The Bertz CT molecular complexity index is 533. The van der Waals surface area contributed by atoms with Crippen molar-refractivity contribution in [1.29, 1.82) is 0 Å². The van der Waals surface area contributed by atoms with Crippen molar-refractivity contribution in [3.8, 4) is 0 Å². The van der Waals surface area contributed by atoms with E-state index in [-0.39, 0.29) is 4.75 Å². The molecular weight excluding hydrogens is 350 g/mol. The van der Waals surface area contributed by atoms with Gasteiger partial charge in [-0.05, 0) is 56.2 Å². The van der Waals surface area contributed by atoms with Gasteiger partial charge in [0.2, 0.25) is 0 Å². The van der Waals surface area contributed by atoms with Gasteiger partial charge in [-0.3, -0.25) is 9.69 Å². The summed E-state index contributed by atoms with van der Waals surface area (Å²) in [6.45, 7) is 7.70. The van der Waals surface area contributed by atoms with Gasteiger partial charge in [-0.1, -0.05) is 22.0 Å². The summed E-state index contributed by atoms with van der Waals surface area (Å²) < 4.78 is 0.788. The van der Waals surface area contributed by atoms with E-state index < -0.39 is 12.0 Å². The van der Waals surface area contributed by atoms with Crippen LogP contribution in [0.1, 0.15) is 31.4 Å². The molecule has 21 heavy (non-hydrogen) atoms. The van der Waals surface area contributed by atoms with E-state index in [1.165, 1.54) is 11.1 Å². The van der Waals surface area contributed by atoms with Gasteiger partial charge in [0.25, 0.3) is 0 Å². The number of thioether (sulfide) groups is 1. The molecule has 1 aliphatic heterocycles. The first-order valence-corrected chi connectivity index (χ1v) is 8.95. The second-order valence-corrected chi connectivity index (χ2v) is 8.75. The van der Waals surface area contributed by atoms with E-state index >= 15 is 0 Å². The Morgan fingerprint density at radius 1 is 1.52 bits per heavy atom. The molecule has 1 N–H and O–H groups in total. The van der Waals surface area contributed by atoms with Gasteiger partial charge in [0, 0.05) is 22.3 Å². The van der Waals surface area contributed by atoms with Crippen LogP contribution in [0.15, 0.2) is 22.7 Å². The summed E-state index contributed by atoms with van der Waals surface area (Å²) in [5.74, 6) is 0.302. The summed E-state index contributed by atoms with van der Waals surface area (Å²) in [6.07, 6.45) is 1.04. The van der Waals surface area contributed by atoms with Crippen molar-refractivity contribution in [2.45, 2.75) is 44.5 Å². The lowest BCUT2D eigenvalue weighted by Crippen LogP contribution is -2.51. The first-order valence-electron chi connectivity index (χ1n) is 7.17. The third kappa shape index (κ3) is 4.02. The fourth-order valence-electron chi connectivity index (χ4n) is 2.93. The monoisotopic (exact) mass is 371 g/mol. The maximum atomic E-state index is 11.8. The number of hydrogen-bond donors (Lipinski definition) is 1. The zero-order valence-corrected chi connectivity index (χ0v) is 15.1. The smallest absolute Gasteiger partial charge is 0.322 e. The van der Waals surface area contributed by atoms with Crippen LogP contribution in [0.3, 0.4) is 0 Å². The van der Waals surface area contributed by atoms with E-state index in [1.807, 2.05) is 19.9 Å². The predicted octanol–water partition coefficient (Wildman–Crippen LogP) is 3.93. The SMILES string of the molecule is Cc1cc(Br)ccc1CN1CCCSC(C)(C)[C@@H]1C(=O)O. The number of aliphatic carboxylic acids is 1. The first kappa shape index (κ1) is 16.8. The number of nitrogens with zero attached hydrogens (tertiary/aromatic N) is 1. The Hall–Kier alpha value is -0.520. The highest BCUT2D eigenvalue weighted by molar-refractivity contribution is 9.10. The van der Waals surface area contributed by atoms with Crippen molar-refractivity contribution in [2.24, 2.45) is 0 Å². The summed E-state index contributed by atoms with van der Waals surface area (Å²) in [5, 5.41) is 9.70. The zero-order valence-electron chi connectivity index (χ0n) is 12.7. The van der Waals surface area contributed by atoms with E-state index in [9.17, 15) is 9.90 Å². The lowest BCUT2D eigenvalue weighted by molar-refractivity contribution is -0.144. The molecule has 0 spiro atoms. The molecule has 0 saturated carbocycles. The molecule has 0 aliphatic carbocycles. The Morgan fingerprint density at radius 3 is 2.86 bits per heavy atom. The number of carboxylic acids is 1. The molecule has 1 heterocycles. The van der Waals surface area contributed by atoms with Gasteiger partial charge in [-0.15, -0.1) is 0 Å². The molecule has 0 amide bonds. The Kier molecular flexibility index (Phi) is 5.38. The van der Waals surface area contributed by atoms with E-state index in [2.05, 4.69) is 39.9 Å². The maximum Gasteiger partial charge on any atom is 0.322 e. The second-order valence-electron chi connectivity index (χ2n) is 6.09. The van der Waals surface area contributed by atoms with Crippen LogP contribution in [-0.4, -0.2) is 39.1 Å². The van der Waals surface area contributed by atoms with Gasteiger partial charge in [-0.2, -0.15) is 11.8 Å². The largest absolute Gasteiger partial charge is 0.480 e. The van der Waals surface area contributed by atoms with Crippen molar-refractivity contribution >= 4 is 33.7 Å². The van der Waals surface area contributed by atoms with Crippen LogP contribution >= 0.6 is 27.7 Å². The lowest BCUT2D eigenvalue weighted by Gasteiger charge is -2.36. The van der Waals surface area contributed by atoms with Crippen LogP contribution in [-0.2, 0) is 11.3 Å². The molecule has 1 aliphatic rings.